The van der Waals surface area contributed by atoms with E-state index >= 15 is 0 Å². The molecule has 4 nitrogen and oxygen atoms in total. The van der Waals surface area contributed by atoms with E-state index in [9.17, 15) is 4.57 Å². The minimum atomic E-state index is -3.93. The van der Waals surface area contributed by atoms with Gasteiger partial charge in [-0.1, -0.05) is 53.1 Å². The van der Waals surface area contributed by atoms with Gasteiger partial charge >= 0.3 is 45.6 Å². The van der Waals surface area contributed by atoms with Crippen LogP contribution in [-0.2, 0) is 4.57 Å². The van der Waals surface area contributed by atoms with E-state index in [1.54, 1.807) is 36.4 Å². The first kappa shape index (κ1) is 21.8. The third-order valence-corrected chi connectivity index (χ3v) is 5.02. The number of hydrogen-bond acceptors (Lipinski definition) is 4. The van der Waals surface area contributed by atoms with Crippen molar-refractivity contribution < 1.29 is 18.1 Å². The predicted octanol–water partition coefficient (Wildman–Crippen LogP) is 5.34. The maximum atomic E-state index is 13.3. The molecule has 27 heavy (non-hydrogen) atoms. The van der Waals surface area contributed by atoms with Crippen LogP contribution >= 0.6 is 7.82 Å². The first-order chi connectivity index (χ1) is 12.4. The number of hydrogen-bond donors (Lipinski definition) is 0. The van der Waals surface area contributed by atoms with Crippen LogP contribution in [0.5, 0.6) is 17.2 Å². The Morgan fingerprint density at radius 2 is 0.741 bits per heavy atom. The van der Waals surface area contributed by atoms with Gasteiger partial charge in [-0.25, -0.2) is 0 Å². The molecule has 0 unspecified atom stereocenters. The van der Waals surface area contributed by atoms with Gasteiger partial charge in [0, 0.05) is 0 Å². The monoisotopic (exact) mass is 410 g/mol. The second kappa shape index (κ2) is 9.66. The average molecular weight is 410 g/mol. The summed E-state index contributed by atoms with van der Waals surface area (Å²) < 4.78 is 30.2. The molecule has 0 aliphatic heterocycles. The molecule has 0 aliphatic carbocycles. The number of rotatable bonds is 6. The first-order valence-corrected chi connectivity index (χ1v) is 9.77. The molecule has 0 saturated carbocycles. The van der Waals surface area contributed by atoms with E-state index < -0.39 is 7.82 Å². The Hall–Kier alpha value is -1.45. The number of phosphoric ester groups is 1. The third kappa shape index (κ3) is 6.58. The van der Waals surface area contributed by atoms with Gasteiger partial charge < -0.3 is 13.6 Å². The molecule has 0 amide bonds. The van der Waals surface area contributed by atoms with Crippen molar-refractivity contribution in [3.63, 3.8) is 0 Å². The maximum absolute atomic E-state index is 13.3. The van der Waals surface area contributed by atoms with Crippen molar-refractivity contribution in [1.82, 2.24) is 0 Å². The molecule has 0 fully saturated rings. The van der Waals surface area contributed by atoms with Gasteiger partial charge in [0.05, 0.1) is 0 Å². The molecule has 3 rings (SSSR count). The molecule has 0 radical (unpaired) electrons. The Labute approximate surface area is 190 Å². The fourth-order valence-electron chi connectivity index (χ4n) is 2.24. The fourth-order valence-corrected chi connectivity index (χ4v) is 3.49. The quantitative estimate of drug-likeness (QED) is 0.406. The van der Waals surface area contributed by atoms with Crippen molar-refractivity contribution in [2.24, 2.45) is 0 Å². The molecule has 0 heterocycles. The van der Waals surface area contributed by atoms with Crippen molar-refractivity contribution in [3.8, 4) is 17.2 Å². The van der Waals surface area contributed by atoms with Gasteiger partial charge in [0.25, 0.3) is 0 Å². The molecule has 0 aromatic heterocycles. The van der Waals surface area contributed by atoms with E-state index in [-0.39, 0.29) is 37.7 Å². The summed E-state index contributed by atoms with van der Waals surface area (Å²) in [6.07, 6.45) is 0. The van der Waals surface area contributed by atoms with Crippen LogP contribution < -0.4 is 13.6 Å². The van der Waals surface area contributed by atoms with Crippen LogP contribution in [0.3, 0.4) is 0 Å². The standard InChI is InChI=1S/C21H21O4P.Ca.2H/c1-16-4-10-19(11-5-16)23-26(22,24-20-12-6-17(2)7-13-20)25-21-14-8-18(3)9-15-21;;;/h4-15H,1-3H3;;;. The van der Waals surface area contributed by atoms with Gasteiger partial charge in [0.2, 0.25) is 0 Å². The Balaban J connectivity index is 0.00000261. The summed E-state index contributed by atoms with van der Waals surface area (Å²) in [5, 5.41) is 0. The Morgan fingerprint density at radius 3 is 0.963 bits per heavy atom. The van der Waals surface area contributed by atoms with Crippen LogP contribution in [0.4, 0.5) is 0 Å². The Morgan fingerprint density at radius 1 is 0.519 bits per heavy atom. The van der Waals surface area contributed by atoms with Crippen molar-refractivity contribution in [2.75, 3.05) is 0 Å². The molecule has 3 aromatic rings. The van der Waals surface area contributed by atoms with E-state index in [1.165, 1.54) is 0 Å². The van der Waals surface area contributed by atoms with Gasteiger partial charge in [-0.2, -0.15) is 4.57 Å². The normalized spacial score (nSPS) is 10.6. The van der Waals surface area contributed by atoms with E-state index in [0.717, 1.165) is 16.7 Å². The summed E-state index contributed by atoms with van der Waals surface area (Å²) in [6, 6.07) is 21.6. The second-order valence-electron chi connectivity index (χ2n) is 6.16. The van der Waals surface area contributed by atoms with E-state index in [0.29, 0.717) is 17.2 Å². The van der Waals surface area contributed by atoms with Crippen LogP contribution in [0.25, 0.3) is 0 Å². The van der Waals surface area contributed by atoms with Crippen molar-refractivity contribution in [3.05, 3.63) is 89.5 Å². The zero-order valence-corrected chi connectivity index (χ0v) is 15.9. The van der Waals surface area contributed by atoms with E-state index in [2.05, 4.69) is 0 Å². The van der Waals surface area contributed by atoms with Gasteiger partial charge in [0.15, 0.2) is 0 Å². The Bertz CT molecular complexity index is 784. The summed E-state index contributed by atoms with van der Waals surface area (Å²) in [5.74, 6) is 1.24. The second-order valence-corrected chi connectivity index (χ2v) is 7.60. The van der Waals surface area contributed by atoms with Crippen LogP contribution in [0.2, 0.25) is 0 Å². The van der Waals surface area contributed by atoms with Crippen LogP contribution in [0.1, 0.15) is 16.7 Å². The van der Waals surface area contributed by atoms with Gasteiger partial charge in [-0.3, -0.25) is 0 Å². The average Bonchev–Trinajstić information content (AvgIpc) is 2.61. The predicted molar refractivity (Wildman–Crippen MR) is 112 cm³/mol. The number of benzene rings is 3. The summed E-state index contributed by atoms with van der Waals surface area (Å²) in [6.45, 7) is 5.90. The van der Waals surface area contributed by atoms with Crippen molar-refractivity contribution in [2.45, 2.75) is 20.8 Å². The van der Waals surface area contributed by atoms with Crippen molar-refractivity contribution >= 4 is 45.6 Å². The van der Waals surface area contributed by atoms with Gasteiger partial charge in [0.1, 0.15) is 17.2 Å². The summed E-state index contributed by atoms with van der Waals surface area (Å²) in [4.78, 5) is 0. The molecule has 0 aliphatic rings. The van der Waals surface area contributed by atoms with Gasteiger partial charge in [-0.05, 0) is 57.2 Å². The van der Waals surface area contributed by atoms with Crippen LogP contribution in [-0.4, -0.2) is 37.7 Å². The molecular formula is C21H23CaO4P. The zero-order chi connectivity index (χ0) is 18.6. The van der Waals surface area contributed by atoms with E-state index in [1.807, 2.05) is 57.2 Å². The topological polar surface area (TPSA) is 44.8 Å². The summed E-state index contributed by atoms with van der Waals surface area (Å²) >= 11 is 0. The summed E-state index contributed by atoms with van der Waals surface area (Å²) in [7, 11) is -3.93. The third-order valence-electron chi connectivity index (χ3n) is 3.71. The van der Waals surface area contributed by atoms with Crippen molar-refractivity contribution in [1.29, 1.82) is 0 Å². The molecule has 0 spiro atoms. The van der Waals surface area contributed by atoms with Crippen LogP contribution in [0.15, 0.2) is 72.8 Å². The number of aryl methyl sites for hydroxylation is 3. The number of phosphoric acid groups is 1. The van der Waals surface area contributed by atoms with Crippen LogP contribution in [0, 0.1) is 20.8 Å². The summed E-state index contributed by atoms with van der Waals surface area (Å²) in [5.41, 5.74) is 3.23. The SMILES string of the molecule is Cc1ccc(OP(=O)(Oc2ccc(C)cc2)Oc2ccc(C)cc2)cc1.[CaH2]. The molecule has 3 aromatic carbocycles. The molecule has 0 N–H and O–H groups in total. The zero-order valence-electron chi connectivity index (χ0n) is 15.0. The molecule has 6 heteroatoms. The van der Waals surface area contributed by atoms with Gasteiger partial charge in [-0.15, -0.1) is 0 Å². The molecule has 0 atom stereocenters. The first-order valence-electron chi connectivity index (χ1n) is 8.31. The molecule has 0 saturated heterocycles. The fraction of sp³-hybridized carbons (Fsp3) is 0.143. The minimum absolute atomic E-state index is 0. The molecular weight excluding hydrogens is 387 g/mol. The molecule has 138 valence electrons. The van der Waals surface area contributed by atoms with E-state index in [4.69, 9.17) is 13.6 Å². The Kier molecular flexibility index (Phi) is 7.81. The molecule has 0 bridgehead atoms.